The second-order valence-electron chi connectivity index (χ2n) is 4.35. The maximum atomic E-state index is 11.2. The Morgan fingerprint density at radius 1 is 1.32 bits per heavy atom. The van der Waals surface area contributed by atoms with Crippen molar-refractivity contribution >= 4 is 5.97 Å². The first kappa shape index (κ1) is 15.3. The smallest absolute Gasteiger partial charge is 0.337 e. The molecule has 0 aliphatic heterocycles. The molecule has 1 atom stereocenters. The van der Waals surface area contributed by atoms with Crippen molar-refractivity contribution in [1.82, 2.24) is 0 Å². The third-order valence-corrected chi connectivity index (χ3v) is 2.77. The van der Waals surface area contributed by atoms with E-state index in [4.69, 9.17) is 0 Å². The Bertz CT molecular complexity index is 451. The monoisotopic (exact) mass is 260 g/mol. The van der Waals surface area contributed by atoms with Gasteiger partial charge in [-0.1, -0.05) is 31.6 Å². The molecule has 1 N–H and O–H groups in total. The largest absolute Gasteiger partial charge is 0.465 e. The highest BCUT2D eigenvalue weighted by atomic mass is 16.5. The highest BCUT2D eigenvalue weighted by Crippen LogP contribution is 2.06. The summed E-state index contributed by atoms with van der Waals surface area (Å²) in [4.78, 5) is 11.2. The topological polar surface area (TPSA) is 46.5 Å². The van der Waals surface area contributed by atoms with Crippen molar-refractivity contribution in [3.05, 3.63) is 35.4 Å². The number of benzene rings is 1. The molecule has 0 saturated heterocycles. The van der Waals surface area contributed by atoms with Gasteiger partial charge >= 0.3 is 5.97 Å². The van der Waals surface area contributed by atoms with Crippen LogP contribution in [-0.2, 0) is 4.74 Å². The number of ether oxygens (including phenoxy) is 1. The van der Waals surface area contributed by atoms with Gasteiger partial charge in [0.05, 0.1) is 12.7 Å². The van der Waals surface area contributed by atoms with Crippen molar-refractivity contribution < 1.29 is 14.6 Å². The number of rotatable bonds is 5. The van der Waals surface area contributed by atoms with Gasteiger partial charge in [-0.05, 0) is 37.1 Å². The van der Waals surface area contributed by atoms with Gasteiger partial charge < -0.3 is 9.84 Å². The van der Waals surface area contributed by atoms with Crippen molar-refractivity contribution in [1.29, 1.82) is 0 Å². The lowest BCUT2D eigenvalue weighted by Gasteiger charge is -2.01. The lowest BCUT2D eigenvalue weighted by atomic mass is 10.1. The minimum absolute atomic E-state index is 0.362. The Kier molecular flexibility index (Phi) is 6.70. The van der Waals surface area contributed by atoms with Crippen molar-refractivity contribution in [3.63, 3.8) is 0 Å². The van der Waals surface area contributed by atoms with E-state index in [2.05, 4.69) is 23.5 Å². The number of hydrogen-bond acceptors (Lipinski definition) is 3. The summed E-state index contributed by atoms with van der Waals surface area (Å²) in [6.07, 6.45) is 3.38. The molecule has 0 saturated carbocycles. The second-order valence-corrected chi connectivity index (χ2v) is 4.35. The van der Waals surface area contributed by atoms with Crippen LogP contribution in [0.5, 0.6) is 0 Å². The molecule has 0 spiro atoms. The van der Waals surface area contributed by atoms with Crippen molar-refractivity contribution in [2.24, 2.45) is 0 Å². The summed E-state index contributed by atoms with van der Waals surface area (Å²) in [7, 11) is 1.35. The highest BCUT2D eigenvalue weighted by molar-refractivity contribution is 5.89. The summed E-state index contributed by atoms with van der Waals surface area (Å²) in [5, 5.41) is 9.67. The standard InChI is InChI=1S/C16H20O3/c1-3-4-5-6-15(17)12-9-13-7-10-14(11-8-13)16(18)19-2/h7-8,10-11,15,17H,3-6H2,1-2H3. The summed E-state index contributed by atoms with van der Waals surface area (Å²) in [5.41, 5.74) is 1.28. The van der Waals surface area contributed by atoms with Gasteiger partial charge in [-0.15, -0.1) is 0 Å². The third kappa shape index (κ3) is 5.58. The molecule has 0 aliphatic carbocycles. The van der Waals surface area contributed by atoms with E-state index in [0.29, 0.717) is 12.0 Å². The first-order valence-corrected chi connectivity index (χ1v) is 6.55. The third-order valence-electron chi connectivity index (χ3n) is 2.77. The number of carbonyl (C=O) groups excluding carboxylic acids is 1. The number of esters is 1. The van der Waals surface area contributed by atoms with Crippen LogP contribution in [0.1, 0.15) is 48.5 Å². The highest BCUT2D eigenvalue weighted by Gasteiger charge is 2.03. The van der Waals surface area contributed by atoms with E-state index < -0.39 is 6.10 Å². The van der Waals surface area contributed by atoms with Crippen LogP contribution in [0.4, 0.5) is 0 Å². The molecule has 0 aliphatic rings. The molecular formula is C16H20O3. The average molecular weight is 260 g/mol. The molecule has 0 heterocycles. The fourth-order valence-electron chi connectivity index (χ4n) is 1.63. The Labute approximate surface area is 114 Å². The van der Waals surface area contributed by atoms with Gasteiger partial charge in [-0.25, -0.2) is 4.79 Å². The SMILES string of the molecule is CCCCCC(O)C#Cc1ccc(C(=O)OC)cc1. The van der Waals surface area contributed by atoms with E-state index in [-0.39, 0.29) is 5.97 Å². The lowest BCUT2D eigenvalue weighted by molar-refractivity contribution is 0.0600. The predicted octanol–water partition coefficient (Wildman–Crippen LogP) is 2.77. The van der Waals surface area contributed by atoms with Crippen LogP contribution in [0, 0.1) is 11.8 Å². The first-order valence-electron chi connectivity index (χ1n) is 6.55. The molecule has 1 aromatic rings. The molecule has 102 valence electrons. The number of aliphatic hydroxyl groups is 1. The maximum Gasteiger partial charge on any atom is 0.337 e. The second kappa shape index (κ2) is 8.34. The van der Waals surface area contributed by atoms with Crippen molar-refractivity contribution in [2.75, 3.05) is 7.11 Å². The van der Waals surface area contributed by atoms with E-state index in [1.54, 1.807) is 24.3 Å². The Morgan fingerprint density at radius 3 is 2.58 bits per heavy atom. The van der Waals surface area contributed by atoms with Crippen molar-refractivity contribution in [3.8, 4) is 11.8 Å². The van der Waals surface area contributed by atoms with Gasteiger partial charge in [0.25, 0.3) is 0 Å². The van der Waals surface area contributed by atoms with Gasteiger partial charge in [-0.3, -0.25) is 0 Å². The summed E-state index contributed by atoms with van der Waals surface area (Å²) < 4.78 is 4.61. The zero-order chi connectivity index (χ0) is 14.1. The van der Waals surface area contributed by atoms with Crippen LogP contribution in [-0.4, -0.2) is 24.3 Å². The summed E-state index contributed by atoms with van der Waals surface area (Å²) in [6, 6.07) is 6.83. The number of hydrogen-bond donors (Lipinski definition) is 1. The number of aliphatic hydroxyl groups excluding tert-OH is 1. The van der Waals surface area contributed by atoms with Crippen LogP contribution in [0.15, 0.2) is 24.3 Å². The van der Waals surface area contributed by atoms with E-state index >= 15 is 0 Å². The zero-order valence-electron chi connectivity index (χ0n) is 11.5. The quantitative estimate of drug-likeness (QED) is 0.503. The molecule has 1 unspecified atom stereocenters. The van der Waals surface area contributed by atoms with Crippen LogP contribution in [0.25, 0.3) is 0 Å². The summed E-state index contributed by atoms with van der Waals surface area (Å²) in [5.74, 6) is 5.35. The lowest BCUT2D eigenvalue weighted by Crippen LogP contribution is -2.02. The number of methoxy groups -OCH3 is 1. The molecule has 0 aromatic heterocycles. The van der Waals surface area contributed by atoms with Crippen LogP contribution in [0.3, 0.4) is 0 Å². The maximum absolute atomic E-state index is 11.2. The van der Waals surface area contributed by atoms with Crippen molar-refractivity contribution in [2.45, 2.75) is 38.7 Å². The summed E-state index contributed by atoms with van der Waals surface area (Å²) in [6.45, 7) is 2.13. The van der Waals surface area contributed by atoms with E-state index in [1.807, 2.05) is 0 Å². The molecule has 0 radical (unpaired) electrons. The Balaban J connectivity index is 2.55. The molecule has 1 aromatic carbocycles. The predicted molar refractivity (Wildman–Crippen MR) is 74.8 cm³/mol. The zero-order valence-corrected chi connectivity index (χ0v) is 11.5. The van der Waals surface area contributed by atoms with Gasteiger partial charge in [0.2, 0.25) is 0 Å². The first-order chi connectivity index (χ1) is 9.17. The minimum Gasteiger partial charge on any atom is -0.465 e. The molecule has 3 heteroatoms. The van der Waals surface area contributed by atoms with Crippen LogP contribution < -0.4 is 0 Å². The number of unbranched alkanes of at least 4 members (excludes halogenated alkanes) is 2. The molecule has 0 amide bonds. The van der Waals surface area contributed by atoms with Gasteiger partial charge in [0.15, 0.2) is 0 Å². The van der Waals surface area contributed by atoms with E-state index in [9.17, 15) is 9.90 Å². The molecule has 1 rings (SSSR count). The fraction of sp³-hybridized carbons (Fsp3) is 0.438. The fourth-order valence-corrected chi connectivity index (χ4v) is 1.63. The minimum atomic E-state index is -0.577. The number of carbonyl (C=O) groups is 1. The molecular weight excluding hydrogens is 240 g/mol. The Hall–Kier alpha value is -1.79. The van der Waals surface area contributed by atoms with Crippen LogP contribution >= 0.6 is 0 Å². The molecule has 19 heavy (non-hydrogen) atoms. The normalized spacial score (nSPS) is 11.3. The molecule has 3 nitrogen and oxygen atoms in total. The van der Waals surface area contributed by atoms with Gasteiger partial charge in [0, 0.05) is 5.56 Å². The van der Waals surface area contributed by atoms with E-state index in [0.717, 1.165) is 24.8 Å². The molecule has 0 fully saturated rings. The van der Waals surface area contributed by atoms with E-state index in [1.165, 1.54) is 7.11 Å². The Morgan fingerprint density at radius 2 is 2.00 bits per heavy atom. The van der Waals surface area contributed by atoms with Gasteiger partial charge in [0.1, 0.15) is 6.10 Å². The summed E-state index contributed by atoms with van der Waals surface area (Å²) >= 11 is 0. The van der Waals surface area contributed by atoms with Gasteiger partial charge in [-0.2, -0.15) is 0 Å². The molecule has 0 bridgehead atoms. The average Bonchev–Trinajstić information content (AvgIpc) is 2.45. The van der Waals surface area contributed by atoms with Crippen LogP contribution in [0.2, 0.25) is 0 Å².